The maximum atomic E-state index is 13.6. The summed E-state index contributed by atoms with van der Waals surface area (Å²) in [7, 11) is 0. The Morgan fingerprint density at radius 1 is 1.30 bits per heavy atom. The first kappa shape index (κ1) is 14.2. The van der Waals surface area contributed by atoms with Crippen LogP contribution in [0.2, 0.25) is 5.02 Å². The molecule has 3 rings (SSSR count). The third-order valence-corrected chi connectivity index (χ3v) is 4.58. The Kier molecular flexibility index (Phi) is 4.18. The van der Waals surface area contributed by atoms with Crippen molar-refractivity contribution in [2.24, 2.45) is 5.92 Å². The van der Waals surface area contributed by atoms with Crippen molar-refractivity contribution in [2.75, 3.05) is 5.88 Å². The molecule has 1 aromatic heterocycles. The van der Waals surface area contributed by atoms with Crippen LogP contribution in [-0.4, -0.2) is 15.4 Å². The minimum Gasteiger partial charge on any atom is -0.328 e. The average molecular weight is 315 g/mol. The number of rotatable bonds is 4. The molecule has 0 N–H and O–H groups in total. The Balaban J connectivity index is 2.04. The lowest BCUT2D eigenvalue weighted by molar-refractivity contribution is 0.455. The van der Waals surface area contributed by atoms with Crippen LogP contribution >= 0.6 is 23.2 Å². The highest BCUT2D eigenvalue weighted by atomic mass is 35.5. The molecule has 1 heterocycles. The zero-order valence-corrected chi connectivity index (χ0v) is 12.7. The Hall–Kier alpha value is -0.800. The van der Waals surface area contributed by atoms with Crippen LogP contribution in [0.5, 0.6) is 0 Å². The molecule has 20 heavy (non-hydrogen) atoms. The molecule has 0 amide bonds. The molecule has 5 heteroatoms. The molecule has 0 radical (unpaired) electrons. The summed E-state index contributed by atoms with van der Waals surface area (Å²) in [6.07, 6.45) is 5.82. The van der Waals surface area contributed by atoms with E-state index in [0.717, 1.165) is 17.9 Å². The lowest BCUT2D eigenvalue weighted by Crippen LogP contribution is -2.11. The Morgan fingerprint density at radius 3 is 2.75 bits per heavy atom. The van der Waals surface area contributed by atoms with Gasteiger partial charge in [0.05, 0.1) is 16.1 Å². The summed E-state index contributed by atoms with van der Waals surface area (Å²) in [5.41, 5.74) is 1.59. The summed E-state index contributed by atoms with van der Waals surface area (Å²) in [5.74, 6) is 1.72. The summed E-state index contributed by atoms with van der Waals surface area (Å²) >= 11 is 11.8. The van der Waals surface area contributed by atoms with Gasteiger partial charge in [0.25, 0.3) is 0 Å². The predicted molar refractivity (Wildman–Crippen MR) is 81.1 cm³/mol. The lowest BCUT2D eigenvalue weighted by Gasteiger charge is -2.14. The van der Waals surface area contributed by atoms with E-state index in [0.29, 0.717) is 23.7 Å². The van der Waals surface area contributed by atoms with Gasteiger partial charge in [-0.3, -0.25) is 0 Å². The quantitative estimate of drug-likeness (QED) is 0.741. The van der Waals surface area contributed by atoms with Gasteiger partial charge < -0.3 is 4.57 Å². The van der Waals surface area contributed by atoms with Gasteiger partial charge in [-0.15, -0.1) is 11.6 Å². The van der Waals surface area contributed by atoms with Gasteiger partial charge >= 0.3 is 0 Å². The molecule has 1 aromatic carbocycles. The van der Waals surface area contributed by atoms with E-state index in [1.807, 2.05) is 0 Å². The lowest BCUT2D eigenvalue weighted by atomic mass is 10.1. The van der Waals surface area contributed by atoms with Crippen molar-refractivity contribution in [1.29, 1.82) is 0 Å². The third-order valence-electron chi connectivity index (χ3n) is 4.10. The highest BCUT2D eigenvalue weighted by molar-refractivity contribution is 6.31. The van der Waals surface area contributed by atoms with Crippen LogP contribution in [-0.2, 0) is 13.0 Å². The van der Waals surface area contributed by atoms with Gasteiger partial charge in [-0.05, 0) is 24.8 Å². The van der Waals surface area contributed by atoms with E-state index in [1.165, 1.54) is 31.7 Å². The fraction of sp³-hybridized carbons (Fsp3) is 0.533. The van der Waals surface area contributed by atoms with Gasteiger partial charge in [0.15, 0.2) is 0 Å². The molecule has 1 aliphatic carbocycles. The molecular weight excluding hydrogens is 298 g/mol. The number of imidazole rings is 1. The first-order valence-corrected chi connectivity index (χ1v) is 8.00. The van der Waals surface area contributed by atoms with E-state index >= 15 is 0 Å². The number of alkyl halides is 1. The Labute approximate surface area is 127 Å². The smallest absolute Gasteiger partial charge is 0.144 e. The molecule has 1 fully saturated rings. The number of hydrogen-bond donors (Lipinski definition) is 0. The predicted octanol–water partition coefficient (Wildman–Crippen LogP) is 4.80. The van der Waals surface area contributed by atoms with E-state index in [4.69, 9.17) is 23.2 Å². The van der Waals surface area contributed by atoms with Gasteiger partial charge in [-0.1, -0.05) is 24.4 Å². The fourth-order valence-corrected chi connectivity index (χ4v) is 3.43. The molecule has 0 aliphatic heterocycles. The van der Waals surface area contributed by atoms with Crippen LogP contribution in [0, 0.1) is 11.7 Å². The second-order valence-corrected chi connectivity index (χ2v) is 6.27. The topological polar surface area (TPSA) is 17.8 Å². The fourth-order valence-electron chi connectivity index (χ4n) is 3.10. The average Bonchev–Trinajstić information content (AvgIpc) is 3.02. The molecule has 1 aliphatic rings. The van der Waals surface area contributed by atoms with E-state index in [9.17, 15) is 4.39 Å². The second kappa shape index (κ2) is 5.90. The van der Waals surface area contributed by atoms with Gasteiger partial charge in [0.1, 0.15) is 11.6 Å². The number of halogens is 3. The molecule has 2 nitrogen and oxygen atoms in total. The van der Waals surface area contributed by atoms with Crippen LogP contribution in [0.15, 0.2) is 12.1 Å². The number of aromatic nitrogens is 2. The van der Waals surface area contributed by atoms with Gasteiger partial charge in [0, 0.05) is 24.9 Å². The molecule has 0 unspecified atom stereocenters. The number of nitrogens with zero attached hydrogens (tertiary/aromatic N) is 2. The molecule has 108 valence electrons. The van der Waals surface area contributed by atoms with Gasteiger partial charge in [-0.25, -0.2) is 9.37 Å². The van der Waals surface area contributed by atoms with Crippen molar-refractivity contribution in [2.45, 2.75) is 38.6 Å². The highest BCUT2D eigenvalue weighted by Crippen LogP contribution is 2.30. The molecular formula is C15H17Cl2FN2. The molecule has 2 aromatic rings. The molecule has 0 bridgehead atoms. The molecule has 0 spiro atoms. The third kappa shape index (κ3) is 2.66. The maximum Gasteiger partial charge on any atom is 0.144 e. The van der Waals surface area contributed by atoms with Crippen molar-refractivity contribution < 1.29 is 4.39 Å². The summed E-state index contributed by atoms with van der Waals surface area (Å²) in [6.45, 7) is 0.935. The van der Waals surface area contributed by atoms with Gasteiger partial charge in [-0.2, -0.15) is 0 Å². The normalized spacial score (nSPS) is 16.4. The Bertz CT molecular complexity index is 618. The molecule has 0 saturated heterocycles. The van der Waals surface area contributed by atoms with Crippen LogP contribution in [0.1, 0.15) is 31.5 Å². The maximum absolute atomic E-state index is 13.6. The molecule has 0 atom stereocenters. The van der Waals surface area contributed by atoms with Gasteiger partial charge in [0.2, 0.25) is 0 Å². The monoisotopic (exact) mass is 314 g/mol. The number of benzene rings is 1. The first-order valence-electron chi connectivity index (χ1n) is 7.09. The minimum absolute atomic E-state index is 0.155. The van der Waals surface area contributed by atoms with E-state index in [2.05, 4.69) is 9.55 Å². The zero-order chi connectivity index (χ0) is 14.1. The first-order chi connectivity index (χ1) is 9.69. The SMILES string of the molecule is Fc1cc2nc(CCCl)n(CC3CCCC3)c2cc1Cl. The second-order valence-electron chi connectivity index (χ2n) is 5.48. The highest BCUT2D eigenvalue weighted by Gasteiger charge is 2.20. The van der Waals surface area contributed by atoms with Crippen LogP contribution in [0.3, 0.4) is 0 Å². The zero-order valence-electron chi connectivity index (χ0n) is 11.2. The van der Waals surface area contributed by atoms with Crippen molar-refractivity contribution in [1.82, 2.24) is 9.55 Å². The van der Waals surface area contributed by atoms with Crippen molar-refractivity contribution in [3.63, 3.8) is 0 Å². The number of aryl methyl sites for hydroxylation is 1. The van der Waals surface area contributed by atoms with Crippen molar-refractivity contribution in [3.05, 3.63) is 28.8 Å². The van der Waals surface area contributed by atoms with Crippen LogP contribution in [0.25, 0.3) is 11.0 Å². The molecule has 1 saturated carbocycles. The summed E-state index contributed by atoms with van der Waals surface area (Å²) in [6, 6.07) is 3.10. The standard InChI is InChI=1S/C15H17Cl2FN2/c16-6-5-15-19-13-8-12(18)11(17)7-14(13)20(15)9-10-3-1-2-4-10/h7-8,10H,1-6,9H2. The van der Waals surface area contributed by atoms with E-state index < -0.39 is 5.82 Å². The summed E-state index contributed by atoms with van der Waals surface area (Å²) < 4.78 is 15.8. The number of hydrogen-bond acceptors (Lipinski definition) is 1. The largest absolute Gasteiger partial charge is 0.328 e. The van der Waals surface area contributed by atoms with Crippen molar-refractivity contribution in [3.8, 4) is 0 Å². The van der Waals surface area contributed by atoms with Crippen LogP contribution in [0.4, 0.5) is 4.39 Å². The van der Waals surface area contributed by atoms with E-state index in [1.54, 1.807) is 6.07 Å². The minimum atomic E-state index is -0.415. The Morgan fingerprint density at radius 2 is 2.05 bits per heavy atom. The summed E-state index contributed by atoms with van der Waals surface area (Å²) in [5, 5.41) is 0.155. The summed E-state index contributed by atoms with van der Waals surface area (Å²) in [4.78, 5) is 4.53. The van der Waals surface area contributed by atoms with Crippen LogP contribution < -0.4 is 0 Å². The number of fused-ring (bicyclic) bond motifs is 1. The van der Waals surface area contributed by atoms with Crippen molar-refractivity contribution >= 4 is 34.2 Å². The van der Waals surface area contributed by atoms with E-state index in [-0.39, 0.29) is 5.02 Å².